The average molecular weight is 1360 g/mol. The van der Waals surface area contributed by atoms with Crippen LogP contribution < -0.4 is 41.2 Å². The molecule has 0 radical (unpaired) electrons. The fraction of sp³-hybridized carbons (Fsp3) is 0.424. The summed E-state index contributed by atoms with van der Waals surface area (Å²) in [5, 5.41) is 10.4. The number of anilines is 2. The molecule has 29 heteroatoms. The van der Waals surface area contributed by atoms with Crippen LogP contribution >= 0.6 is 21.6 Å². The topological polar surface area (TPSA) is 309 Å². The summed E-state index contributed by atoms with van der Waals surface area (Å²) in [6, 6.07) is 27.8. The predicted octanol–water partition coefficient (Wildman–Crippen LogP) is 7.97. The van der Waals surface area contributed by atoms with E-state index in [9.17, 15) is 56.3 Å². The highest BCUT2D eigenvalue weighted by Crippen LogP contribution is 2.43. The summed E-state index contributed by atoms with van der Waals surface area (Å²) in [4.78, 5) is 133. The molecule has 0 bridgehead atoms. The first-order valence-electron chi connectivity index (χ1n) is 30.6. The number of ether oxygens (including phenoxy) is 5. The molecule has 1 unspecified atom stereocenters. The maximum atomic E-state index is 14.3. The molecule has 2 aromatic heterocycles. The molecule has 5 N–H and O–H groups in total. The lowest BCUT2D eigenvalue weighted by molar-refractivity contribution is -0.170. The van der Waals surface area contributed by atoms with E-state index in [0.29, 0.717) is 54.4 Å². The Hall–Kier alpha value is -9.09. The minimum atomic E-state index is -5.35. The van der Waals surface area contributed by atoms with Crippen LogP contribution in [0.15, 0.2) is 114 Å². The van der Waals surface area contributed by atoms with Crippen molar-refractivity contribution in [1.29, 1.82) is 0 Å². The number of fused-ring (bicyclic) bond motifs is 1. The van der Waals surface area contributed by atoms with Gasteiger partial charge in [0.1, 0.15) is 29.2 Å². The quantitative estimate of drug-likeness (QED) is 0.0113. The smallest absolute Gasteiger partial charge is 0.471 e. The first-order valence-corrected chi connectivity index (χ1v) is 33.0. The number of H-pyrrole nitrogens is 1. The molecule has 4 atom stereocenters. The molecule has 1 aliphatic heterocycles. The van der Waals surface area contributed by atoms with Crippen LogP contribution in [-0.2, 0) is 59.9 Å². The predicted molar refractivity (Wildman–Crippen MR) is 350 cm³/mol. The Labute approximate surface area is 554 Å². The molecule has 95 heavy (non-hydrogen) atoms. The SMILES string of the molecule is CNC(=O)CCC(=O)O[C@@H]1C[C@@H](COC(c2ccccc2)(c2ccc(OC)cc2)c2ccc(OC)cc2)N(C(=O)CCC(C)SSCCNC(=O)CCCC[C@H](NC(=O)c2ccc(N(Cc3cnc4nc(NC(=O)C(C)C)[nH]c(=O)c4n3)C(=O)C(F)(F)F)cc2)C(=O)OC)C1. The number of hydrogen-bond acceptors (Lipinski definition) is 19. The normalized spacial score (nSPS) is 14.5. The van der Waals surface area contributed by atoms with Crippen LogP contribution in [-0.4, -0.2) is 156 Å². The second-order valence-electron chi connectivity index (χ2n) is 22.5. The summed E-state index contributed by atoms with van der Waals surface area (Å²) in [6.07, 6.45) is -3.30. The summed E-state index contributed by atoms with van der Waals surface area (Å²) in [5.74, 6) is -4.32. The lowest BCUT2D eigenvalue weighted by Gasteiger charge is -2.38. The van der Waals surface area contributed by atoms with Crippen molar-refractivity contribution in [2.24, 2.45) is 5.92 Å². The van der Waals surface area contributed by atoms with Crippen LogP contribution in [0.1, 0.15) is 111 Å². The molecule has 0 saturated carbocycles. The molecule has 508 valence electrons. The summed E-state index contributed by atoms with van der Waals surface area (Å²) in [7, 11) is 8.92. The van der Waals surface area contributed by atoms with Gasteiger partial charge in [-0.1, -0.05) is 103 Å². The lowest BCUT2D eigenvalue weighted by Crippen LogP contribution is -2.42. The summed E-state index contributed by atoms with van der Waals surface area (Å²) >= 11 is 0. The second-order valence-corrected chi connectivity index (χ2v) is 25.4. The number of hydrogen-bond donors (Lipinski definition) is 5. The first-order chi connectivity index (χ1) is 45.5. The van der Waals surface area contributed by atoms with Gasteiger partial charge in [0.25, 0.3) is 11.5 Å². The number of rotatable bonds is 33. The van der Waals surface area contributed by atoms with E-state index in [-0.39, 0.29) is 102 Å². The number of carbonyl (C=O) groups is 8. The van der Waals surface area contributed by atoms with Crippen molar-refractivity contribution < 1.29 is 75.2 Å². The Kier molecular flexibility index (Phi) is 26.9. The number of nitrogens with one attached hydrogen (secondary N) is 5. The maximum Gasteiger partial charge on any atom is 0.471 e. The number of aromatic amines is 1. The van der Waals surface area contributed by atoms with Crippen LogP contribution in [0.25, 0.3) is 11.2 Å². The number of benzene rings is 4. The van der Waals surface area contributed by atoms with E-state index in [1.54, 1.807) is 43.8 Å². The fourth-order valence-electron chi connectivity index (χ4n) is 10.3. The zero-order valence-corrected chi connectivity index (χ0v) is 55.2. The van der Waals surface area contributed by atoms with Gasteiger partial charge in [0.15, 0.2) is 11.2 Å². The van der Waals surface area contributed by atoms with Crippen molar-refractivity contribution in [3.63, 3.8) is 0 Å². The average Bonchev–Trinajstić information content (AvgIpc) is 1.16. The van der Waals surface area contributed by atoms with Gasteiger partial charge in [-0.25, -0.2) is 14.8 Å². The van der Waals surface area contributed by atoms with E-state index >= 15 is 0 Å². The van der Waals surface area contributed by atoms with Crippen LogP contribution in [0.4, 0.5) is 24.8 Å². The third kappa shape index (κ3) is 20.5. The molecule has 0 spiro atoms. The van der Waals surface area contributed by atoms with Gasteiger partial charge in [-0.3, -0.25) is 53.6 Å². The highest BCUT2D eigenvalue weighted by Gasteiger charge is 2.45. The van der Waals surface area contributed by atoms with Gasteiger partial charge in [0, 0.05) is 67.4 Å². The Bertz CT molecular complexity index is 3640. The molecule has 1 saturated heterocycles. The lowest BCUT2D eigenvalue weighted by atomic mass is 9.80. The van der Waals surface area contributed by atoms with Crippen molar-refractivity contribution in [3.8, 4) is 11.5 Å². The van der Waals surface area contributed by atoms with Crippen LogP contribution in [0.5, 0.6) is 11.5 Å². The molecule has 6 amide bonds. The number of unbranched alkanes of at least 4 members (excludes halogenated alkanes) is 1. The third-order valence-corrected chi connectivity index (χ3v) is 18.4. The number of amides is 6. The van der Waals surface area contributed by atoms with E-state index < -0.39 is 77.6 Å². The Morgan fingerprint density at radius 1 is 0.779 bits per heavy atom. The van der Waals surface area contributed by atoms with Gasteiger partial charge in [-0.2, -0.15) is 18.2 Å². The number of likely N-dealkylation sites (tertiary alicyclic amines) is 1. The summed E-state index contributed by atoms with van der Waals surface area (Å²) < 4.78 is 70.9. The molecule has 7 rings (SSSR count). The van der Waals surface area contributed by atoms with E-state index in [4.69, 9.17) is 23.7 Å². The largest absolute Gasteiger partial charge is 0.497 e. The zero-order valence-electron chi connectivity index (χ0n) is 53.6. The number of nitrogens with zero attached hydrogens (tertiary/aromatic N) is 5. The highest BCUT2D eigenvalue weighted by molar-refractivity contribution is 8.76. The van der Waals surface area contributed by atoms with Gasteiger partial charge in [-0.15, -0.1) is 0 Å². The standard InChI is InChI=1S/C66H77F3N10O14S2/c1-40(2)59(84)76-64-75-58-57(61(86)77-64)73-46(36-72-58)37-79(63(88)66(67,68)69)47-24-18-42(19-25-47)60(85)74-52(62(87)91-7)15-11-12-16-54(81)71-33-34-94-95-41(3)17-31-55(82)78-38-51(93-56(83)32-30-53(80)70-4)35-48(78)39-92-65(43-13-9-8-10-14-43,44-20-26-49(89-5)27-21-44)45-22-28-50(90-6)29-23-45/h8-10,13-14,18-29,36,40-41,48,51-52H,11-12,15-17,30-35,37-39H2,1-7H3,(H,70,80)(H,71,81)(H,74,85)(H2,72,75,76,77,84,86)/t41?,48-,51+,52-/m0/s1. The number of carbonyl (C=O) groups excluding carboxylic acids is 8. The first kappa shape index (κ1) is 73.3. The maximum absolute atomic E-state index is 14.3. The molecule has 1 aliphatic rings. The molecule has 6 aromatic rings. The van der Waals surface area contributed by atoms with Gasteiger partial charge in [0.05, 0.1) is 65.4 Å². The van der Waals surface area contributed by atoms with Gasteiger partial charge >= 0.3 is 24.0 Å². The minimum Gasteiger partial charge on any atom is -0.497 e. The van der Waals surface area contributed by atoms with Crippen molar-refractivity contribution in [2.45, 2.75) is 120 Å². The Balaban J connectivity index is 0.881. The summed E-state index contributed by atoms with van der Waals surface area (Å²) in [6.45, 7) is 4.97. The van der Waals surface area contributed by atoms with Gasteiger partial charge < -0.3 is 44.5 Å². The number of halogens is 3. The fourth-order valence-corrected chi connectivity index (χ4v) is 12.6. The van der Waals surface area contributed by atoms with E-state index in [0.717, 1.165) is 54.3 Å². The van der Waals surface area contributed by atoms with Crippen LogP contribution in [0.3, 0.4) is 0 Å². The Morgan fingerprint density at radius 2 is 1.43 bits per heavy atom. The number of alkyl halides is 3. The van der Waals surface area contributed by atoms with E-state index in [1.807, 2.05) is 85.8 Å². The van der Waals surface area contributed by atoms with E-state index in [1.165, 1.54) is 17.8 Å². The molecule has 1 fully saturated rings. The third-order valence-electron chi connectivity index (χ3n) is 15.4. The molecule has 24 nitrogen and oxygen atoms in total. The zero-order chi connectivity index (χ0) is 68.8. The number of esters is 2. The van der Waals surface area contributed by atoms with Crippen LogP contribution in [0, 0.1) is 5.92 Å². The van der Waals surface area contributed by atoms with Crippen LogP contribution in [0.2, 0.25) is 0 Å². The molecule has 0 aliphatic carbocycles. The van der Waals surface area contributed by atoms with Crippen molar-refractivity contribution in [2.75, 3.05) is 64.0 Å². The van der Waals surface area contributed by atoms with Crippen molar-refractivity contribution >= 4 is 91.8 Å². The molecule has 4 aromatic carbocycles. The highest BCUT2D eigenvalue weighted by atomic mass is 33.1. The second kappa shape index (κ2) is 34.9. The molecular weight excluding hydrogens is 1280 g/mol. The van der Waals surface area contributed by atoms with Crippen molar-refractivity contribution in [1.82, 2.24) is 40.8 Å². The minimum absolute atomic E-state index is 0.0214. The van der Waals surface area contributed by atoms with Gasteiger partial charge in [0.2, 0.25) is 29.6 Å². The molecule has 3 heterocycles. The Morgan fingerprint density at radius 3 is 2.04 bits per heavy atom. The monoisotopic (exact) mass is 1350 g/mol. The van der Waals surface area contributed by atoms with E-state index in [2.05, 4.69) is 41.2 Å². The summed E-state index contributed by atoms with van der Waals surface area (Å²) in [5.41, 5.74) is -0.782. The number of methoxy groups -OCH3 is 3. The van der Waals surface area contributed by atoms with Gasteiger partial charge in [-0.05, 0) is 84.5 Å². The number of aromatic nitrogens is 4. The molecular formula is C66H77F3N10O14S2. The van der Waals surface area contributed by atoms with Crippen molar-refractivity contribution in [3.05, 3.63) is 148 Å².